The first-order valence-electron chi connectivity index (χ1n) is 11.4. The molecule has 0 bridgehead atoms. The van der Waals surface area contributed by atoms with Gasteiger partial charge in [-0.05, 0) is 44.0 Å². The predicted octanol–water partition coefficient (Wildman–Crippen LogP) is 5.37. The van der Waals surface area contributed by atoms with Crippen LogP contribution in [0.1, 0.15) is 29.1 Å². The van der Waals surface area contributed by atoms with E-state index in [1.807, 2.05) is 61.7 Å². The minimum atomic E-state index is -0.169. The van der Waals surface area contributed by atoms with Gasteiger partial charge in [0.1, 0.15) is 10.7 Å². The summed E-state index contributed by atoms with van der Waals surface area (Å²) in [5, 5.41) is 3.86. The molecule has 1 aliphatic heterocycles. The minimum absolute atomic E-state index is 0.139. The molecule has 34 heavy (non-hydrogen) atoms. The number of ether oxygens (including phenoxy) is 1. The lowest BCUT2D eigenvalue weighted by Crippen LogP contribution is -2.45. The monoisotopic (exact) mass is 473 g/mol. The van der Waals surface area contributed by atoms with Gasteiger partial charge in [-0.25, -0.2) is 9.97 Å². The first-order valence-corrected chi connectivity index (χ1v) is 12.2. The zero-order chi connectivity index (χ0) is 23.7. The van der Waals surface area contributed by atoms with Gasteiger partial charge in [0.15, 0.2) is 5.13 Å². The van der Waals surface area contributed by atoms with E-state index in [9.17, 15) is 4.79 Å². The Morgan fingerprint density at radius 2 is 1.85 bits per heavy atom. The number of nitrogens with zero attached hydrogens (tertiary/aromatic N) is 3. The van der Waals surface area contributed by atoms with Crippen LogP contribution in [-0.2, 0) is 4.74 Å². The number of amides is 1. The van der Waals surface area contributed by atoms with Crippen LogP contribution in [0.15, 0.2) is 60.9 Å². The number of morpholine rings is 1. The number of imidazole rings is 1. The maximum Gasteiger partial charge on any atom is 0.267 e. The number of H-pyrrole nitrogens is 1. The van der Waals surface area contributed by atoms with Crippen LogP contribution in [-0.4, -0.2) is 46.2 Å². The Morgan fingerprint density at radius 3 is 2.62 bits per heavy atom. The summed E-state index contributed by atoms with van der Waals surface area (Å²) in [5.41, 5.74) is 4.76. The van der Waals surface area contributed by atoms with E-state index in [-0.39, 0.29) is 18.1 Å². The molecule has 8 heteroatoms. The van der Waals surface area contributed by atoms with Gasteiger partial charge >= 0.3 is 0 Å². The summed E-state index contributed by atoms with van der Waals surface area (Å²) in [6, 6.07) is 15.9. The van der Waals surface area contributed by atoms with Crippen molar-refractivity contribution in [2.45, 2.75) is 33.0 Å². The molecule has 0 radical (unpaired) electrons. The van der Waals surface area contributed by atoms with E-state index < -0.39 is 0 Å². The van der Waals surface area contributed by atoms with E-state index >= 15 is 0 Å². The molecule has 2 unspecified atom stereocenters. The molecule has 2 aromatic heterocycles. The standard InChI is InChI=1S/C26H27N5O2S/c1-16-9-10-20(11-21(16)24-27-12-22(30-24)19-7-5-4-6-8-19)29-25(32)23-13-28-26(34-23)31-14-17(2)33-18(3)15-31/h4-13,17-18H,14-15H2,1-3H3,(H,27,30)(H,29,32). The number of benzene rings is 2. The Bertz CT molecular complexity index is 1290. The van der Waals surface area contributed by atoms with Crippen LogP contribution in [0.2, 0.25) is 0 Å². The van der Waals surface area contributed by atoms with Gasteiger partial charge in [-0.3, -0.25) is 4.79 Å². The lowest BCUT2D eigenvalue weighted by atomic mass is 10.1. The molecule has 7 nitrogen and oxygen atoms in total. The van der Waals surface area contributed by atoms with Crippen molar-refractivity contribution in [3.05, 3.63) is 71.4 Å². The van der Waals surface area contributed by atoms with Gasteiger partial charge in [0.25, 0.3) is 5.91 Å². The van der Waals surface area contributed by atoms with Crippen molar-refractivity contribution < 1.29 is 9.53 Å². The molecule has 2 N–H and O–H groups in total. The number of aromatic amines is 1. The van der Waals surface area contributed by atoms with Crippen LogP contribution in [0, 0.1) is 6.92 Å². The Hall–Kier alpha value is -3.49. The molecule has 4 aromatic rings. The summed E-state index contributed by atoms with van der Waals surface area (Å²) in [6.07, 6.45) is 3.76. The Morgan fingerprint density at radius 1 is 1.09 bits per heavy atom. The van der Waals surface area contributed by atoms with Crippen molar-refractivity contribution in [2.75, 3.05) is 23.3 Å². The number of carbonyl (C=O) groups excluding carboxylic acids is 1. The van der Waals surface area contributed by atoms with Crippen LogP contribution in [0.5, 0.6) is 0 Å². The molecule has 0 spiro atoms. The number of aromatic nitrogens is 3. The highest BCUT2D eigenvalue weighted by Gasteiger charge is 2.25. The first kappa shape index (κ1) is 22.3. The maximum atomic E-state index is 13.0. The van der Waals surface area contributed by atoms with Gasteiger partial charge in [-0.1, -0.05) is 47.7 Å². The second-order valence-corrected chi connectivity index (χ2v) is 9.67. The molecule has 0 saturated carbocycles. The quantitative estimate of drug-likeness (QED) is 0.407. The number of hydrogen-bond acceptors (Lipinski definition) is 6. The topological polar surface area (TPSA) is 83.1 Å². The molecule has 1 fully saturated rings. The van der Waals surface area contributed by atoms with Crippen molar-refractivity contribution in [1.82, 2.24) is 15.0 Å². The predicted molar refractivity (Wildman–Crippen MR) is 136 cm³/mol. The van der Waals surface area contributed by atoms with Gasteiger partial charge < -0.3 is 19.9 Å². The fraction of sp³-hybridized carbons (Fsp3) is 0.269. The van der Waals surface area contributed by atoms with E-state index in [1.54, 1.807) is 6.20 Å². The van der Waals surface area contributed by atoms with Gasteiger partial charge in [0, 0.05) is 24.3 Å². The van der Waals surface area contributed by atoms with Gasteiger partial charge in [-0.15, -0.1) is 0 Å². The molecule has 0 aliphatic carbocycles. The van der Waals surface area contributed by atoms with E-state index in [4.69, 9.17) is 4.74 Å². The molecule has 1 saturated heterocycles. The highest BCUT2D eigenvalue weighted by molar-refractivity contribution is 7.17. The molecule has 3 heterocycles. The van der Waals surface area contributed by atoms with Gasteiger partial charge in [0.05, 0.1) is 30.3 Å². The van der Waals surface area contributed by atoms with Crippen molar-refractivity contribution in [2.24, 2.45) is 0 Å². The summed E-state index contributed by atoms with van der Waals surface area (Å²) >= 11 is 1.40. The number of aryl methyl sites for hydroxylation is 1. The summed E-state index contributed by atoms with van der Waals surface area (Å²) in [4.78, 5) is 28.2. The number of anilines is 2. The van der Waals surface area contributed by atoms with Crippen LogP contribution >= 0.6 is 11.3 Å². The molecular weight excluding hydrogens is 446 g/mol. The van der Waals surface area contributed by atoms with Gasteiger partial charge in [-0.2, -0.15) is 0 Å². The second kappa shape index (κ2) is 9.40. The van der Waals surface area contributed by atoms with Crippen LogP contribution in [0.25, 0.3) is 22.6 Å². The molecule has 2 atom stereocenters. The molecular formula is C26H27N5O2S. The normalized spacial score (nSPS) is 18.1. The summed E-state index contributed by atoms with van der Waals surface area (Å²) < 4.78 is 5.80. The molecule has 1 aliphatic rings. The van der Waals surface area contributed by atoms with E-state index in [2.05, 4.69) is 39.0 Å². The largest absolute Gasteiger partial charge is 0.372 e. The highest BCUT2D eigenvalue weighted by atomic mass is 32.1. The lowest BCUT2D eigenvalue weighted by molar-refractivity contribution is -0.00522. The molecule has 1 amide bonds. The first-order chi connectivity index (χ1) is 16.5. The maximum absolute atomic E-state index is 13.0. The van der Waals surface area contributed by atoms with Crippen molar-refractivity contribution >= 4 is 28.1 Å². The Balaban J connectivity index is 1.32. The highest BCUT2D eigenvalue weighted by Crippen LogP contribution is 2.29. The van der Waals surface area contributed by atoms with E-state index in [1.165, 1.54) is 11.3 Å². The number of carbonyl (C=O) groups is 1. The fourth-order valence-electron chi connectivity index (χ4n) is 4.22. The van der Waals surface area contributed by atoms with Gasteiger partial charge in [0.2, 0.25) is 0 Å². The second-order valence-electron chi connectivity index (χ2n) is 8.66. The van der Waals surface area contributed by atoms with Crippen molar-refractivity contribution in [3.8, 4) is 22.6 Å². The van der Waals surface area contributed by atoms with Crippen LogP contribution < -0.4 is 10.2 Å². The lowest BCUT2D eigenvalue weighted by Gasteiger charge is -2.35. The summed E-state index contributed by atoms with van der Waals surface area (Å²) in [5.74, 6) is 0.598. The Labute approximate surface area is 202 Å². The average molecular weight is 474 g/mol. The number of hydrogen-bond donors (Lipinski definition) is 2. The molecule has 2 aromatic carbocycles. The fourth-order valence-corrected chi connectivity index (χ4v) is 5.05. The van der Waals surface area contributed by atoms with Crippen LogP contribution in [0.3, 0.4) is 0 Å². The average Bonchev–Trinajstić information content (AvgIpc) is 3.51. The molecule has 174 valence electrons. The third-order valence-corrected chi connectivity index (χ3v) is 6.88. The summed E-state index contributed by atoms with van der Waals surface area (Å²) in [7, 11) is 0. The summed E-state index contributed by atoms with van der Waals surface area (Å²) in [6.45, 7) is 7.69. The Kier molecular flexibility index (Phi) is 6.17. The third-order valence-electron chi connectivity index (χ3n) is 5.82. The smallest absolute Gasteiger partial charge is 0.267 e. The van der Waals surface area contributed by atoms with Crippen molar-refractivity contribution in [1.29, 1.82) is 0 Å². The molecule has 5 rings (SSSR count). The van der Waals surface area contributed by atoms with E-state index in [0.717, 1.165) is 46.4 Å². The van der Waals surface area contributed by atoms with E-state index in [0.29, 0.717) is 10.6 Å². The number of nitrogens with one attached hydrogen (secondary N) is 2. The third kappa shape index (κ3) is 4.73. The van der Waals surface area contributed by atoms with Crippen molar-refractivity contribution in [3.63, 3.8) is 0 Å². The number of thiazole rings is 1. The van der Waals surface area contributed by atoms with Crippen LogP contribution in [0.4, 0.5) is 10.8 Å². The minimum Gasteiger partial charge on any atom is -0.372 e. The zero-order valence-electron chi connectivity index (χ0n) is 19.4. The zero-order valence-corrected chi connectivity index (χ0v) is 20.2. The number of rotatable bonds is 5. The SMILES string of the molecule is Cc1ccc(NC(=O)c2cnc(N3CC(C)OC(C)C3)s2)cc1-c1ncc(-c2ccccc2)[nH]1.